The maximum Gasteiger partial charge on any atom is 0.261 e. The molecule has 7 heteroatoms. The Kier molecular flexibility index (Phi) is 8.11. The second-order valence-electron chi connectivity index (χ2n) is 7.95. The van der Waals surface area contributed by atoms with Crippen LogP contribution in [0.15, 0.2) is 71.6 Å². The van der Waals surface area contributed by atoms with Crippen molar-refractivity contribution >= 4 is 21.6 Å². The average Bonchev–Trinajstić information content (AvgIpc) is 2.79. The SMILES string of the molecule is CCCc1ccc(OCCNC(=O)c2ccc(C)c(NS(=O)(=O)c3ccc(C)cc3)c2)cc1. The summed E-state index contributed by atoms with van der Waals surface area (Å²) in [5, 5.41) is 2.81. The largest absolute Gasteiger partial charge is 0.492 e. The fourth-order valence-electron chi connectivity index (χ4n) is 3.27. The number of benzene rings is 3. The smallest absolute Gasteiger partial charge is 0.261 e. The van der Waals surface area contributed by atoms with Gasteiger partial charge in [0.15, 0.2) is 0 Å². The molecule has 0 spiro atoms. The first-order valence-corrected chi connectivity index (χ1v) is 12.5. The normalized spacial score (nSPS) is 11.1. The molecule has 1 amide bonds. The lowest BCUT2D eigenvalue weighted by Gasteiger charge is -2.13. The van der Waals surface area contributed by atoms with Gasteiger partial charge in [-0.2, -0.15) is 0 Å². The number of carbonyl (C=O) groups excluding carboxylic acids is 1. The first-order valence-electron chi connectivity index (χ1n) is 11.0. The van der Waals surface area contributed by atoms with Crippen LogP contribution < -0.4 is 14.8 Å². The van der Waals surface area contributed by atoms with E-state index in [0.717, 1.165) is 29.7 Å². The molecule has 0 bridgehead atoms. The van der Waals surface area contributed by atoms with Crippen LogP contribution in [0.4, 0.5) is 5.69 Å². The van der Waals surface area contributed by atoms with Crippen LogP contribution in [-0.4, -0.2) is 27.5 Å². The second kappa shape index (κ2) is 11.0. The summed E-state index contributed by atoms with van der Waals surface area (Å²) in [7, 11) is -3.76. The maximum atomic E-state index is 12.7. The van der Waals surface area contributed by atoms with Crippen LogP contribution >= 0.6 is 0 Å². The minimum atomic E-state index is -3.76. The summed E-state index contributed by atoms with van der Waals surface area (Å²) in [5.41, 5.74) is 3.70. The number of aryl methyl sites for hydroxylation is 3. The van der Waals surface area contributed by atoms with Crippen molar-refractivity contribution in [3.63, 3.8) is 0 Å². The van der Waals surface area contributed by atoms with Crippen molar-refractivity contribution in [2.24, 2.45) is 0 Å². The molecule has 0 aromatic heterocycles. The van der Waals surface area contributed by atoms with Gasteiger partial charge in [-0.25, -0.2) is 8.42 Å². The molecule has 174 valence electrons. The predicted octanol–water partition coefficient (Wildman–Crippen LogP) is 4.87. The predicted molar refractivity (Wildman–Crippen MR) is 131 cm³/mol. The summed E-state index contributed by atoms with van der Waals surface area (Å²) in [4.78, 5) is 12.7. The minimum absolute atomic E-state index is 0.169. The molecule has 0 atom stereocenters. The van der Waals surface area contributed by atoms with Gasteiger partial charge < -0.3 is 10.1 Å². The van der Waals surface area contributed by atoms with Crippen LogP contribution in [0.3, 0.4) is 0 Å². The minimum Gasteiger partial charge on any atom is -0.492 e. The van der Waals surface area contributed by atoms with Crippen LogP contribution in [0.25, 0.3) is 0 Å². The molecular weight excluding hydrogens is 436 g/mol. The van der Waals surface area contributed by atoms with Crippen molar-refractivity contribution in [3.05, 3.63) is 89.0 Å². The van der Waals surface area contributed by atoms with Crippen molar-refractivity contribution in [1.29, 1.82) is 0 Å². The van der Waals surface area contributed by atoms with Crippen molar-refractivity contribution in [1.82, 2.24) is 5.32 Å². The van der Waals surface area contributed by atoms with E-state index in [9.17, 15) is 13.2 Å². The molecule has 3 aromatic carbocycles. The zero-order chi connectivity index (χ0) is 23.8. The van der Waals surface area contributed by atoms with Gasteiger partial charge in [0.25, 0.3) is 15.9 Å². The number of nitrogens with one attached hydrogen (secondary N) is 2. The zero-order valence-electron chi connectivity index (χ0n) is 19.2. The fraction of sp³-hybridized carbons (Fsp3) is 0.269. The number of ether oxygens (including phenoxy) is 1. The molecule has 0 aliphatic carbocycles. The average molecular weight is 467 g/mol. The third-order valence-electron chi connectivity index (χ3n) is 5.19. The third kappa shape index (κ3) is 6.83. The molecule has 6 nitrogen and oxygen atoms in total. The molecule has 0 saturated carbocycles. The van der Waals surface area contributed by atoms with E-state index in [2.05, 4.69) is 17.0 Å². The number of hydrogen-bond donors (Lipinski definition) is 2. The van der Waals surface area contributed by atoms with E-state index in [4.69, 9.17) is 4.74 Å². The van der Waals surface area contributed by atoms with E-state index in [1.54, 1.807) is 49.4 Å². The van der Waals surface area contributed by atoms with Gasteiger partial charge in [0.05, 0.1) is 17.1 Å². The molecule has 33 heavy (non-hydrogen) atoms. The second-order valence-corrected chi connectivity index (χ2v) is 9.63. The highest BCUT2D eigenvalue weighted by Gasteiger charge is 2.16. The lowest BCUT2D eigenvalue weighted by molar-refractivity contribution is 0.0947. The molecule has 0 saturated heterocycles. The molecule has 0 fully saturated rings. The van der Waals surface area contributed by atoms with Crippen molar-refractivity contribution in [2.75, 3.05) is 17.9 Å². The zero-order valence-corrected chi connectivity index (χ0v) is 20.0. The maximum absolute atomic E-state index is 12.7. The van der Waals surface area contributed by atoms with Crippen molar-refractivity contribution < 1.29 is 17.9 Å². The van der Waals surface area contributed by atoms with Crippen LogP contribution in [0.1, 0.15) is 40.4 Å². The van der Waals surface area contributed by atoms with E-state index >= 15 is 0 Å². The summed E-state index contributed by atoms with van der Waals surface area (Å²) < 4.78 is 33.7. The highest BCUT2D eigenvalue weighted by molar-refractivity contribution is 7.92. The Morgan fingerprint density at radius 3 is 2.30 bits per heavy atom. The van der Waals surface area contributed by atoms with Gasteiger partial charge in [-0.15, -0.1) is 0 Å². The Morgan fingerprint density at radius 2 is 1.64 bits per heavy atom. The van der Waals surface area contributed by atoms with Gasteiger partial charge >= 0.3 is 0 Å². The van der Waals surface area contributed by atoms with Crippen LogP contribution in [0.2, 0.25) is 0 Å². The van der Waals surface area contributed by atoms with E-state index in [0.29, 0.717) is 24.4 Å². The van der Waals surface area contributed by atoms with Crippen LogP contribution in [-0.2, 0) is 16.4 Å². The molecule has 0 heterocycles. The molecule has 0 aliphatic rings. The monoisotopic (exact) mass is 466 g/mol. The molecular formula is C26H30N2O4S. The number of carbonyl (C=O) groups is 1. The highest BCUT2D eigenvalue weighted by atomic mass is 32.2. The van der Waals surface area contributed by atoms with Gasteiger partial charge in [-0.3, -0.25) is 9.52 Å². The van der Waals surface area contributed by atoms with Gasteiger partial charge in [0.2, 0.25) is 0 Å². The molecule has 3 rings (SSSR count). The standard InChI is InChI=1S/C26H30N2O4S/c1-4-5-21-9-12-23(13-10-21)32-17-16-27-26(29)22-11-8-20(3)25(18-22)28-33(30,31)24-14-6-19(2)7-15-24/h6-15,18,28H,4-5,16-17H2,1-3H3,(H,27,29). The van der Waals surface area contributed by atoms with Gasteiger partial charge in [0, 0.05) is 5.56 Å². The Hall–Kier alpha value is -3.32. The van der Waals surface area contributed by atoms with Crippen molar-refractivity contribution in [2.45, 2.75) is 38.5 Å². The quantitative estimate of drug-likeness (QED) is 0.418. The lowest BCUT2D eigenvalue weighted by Crippen LogP contribution is -2.28. The van der Waals surface area contributed by atoms with Gasteiger partial charge in [-0.05, 0) is 67.8 Å². The Labute approximate surface area is 196 Å². The number of amides is 1. The lowest BCUT2D eigenvalue weighted by atomic mass is 10.1. The Bertz CT molecular complexity index is 1190. The summed E-state index contributed by atoms with van der Waals surface area (Å²) in [6.45, 7) is 6.48. The molecule has 3 aromatic rings. The number of hydrogen-bond acceptors (Lipinski definition) is 4. The van der Waals surface area contributed by atoms with E-state index in [1.165, 1.54) is 5.56 Å². The van der Waals surface area contributed by atoms with E-state index < -0.39 is 10.0 Å². The summed E-state index contributed by atoms with van der Waals surface area (Å²) in [5.74, 6) is 0.458. The highest BCUT2D eigenvalue weighted by Crippen LogP contribution is 2.22. The summed E-state index contributed by atoms with van der Waals surface area (Å²) in [6.07, 6.45) is 2.14. The van der Waals surface area contributed by atoms with E-state index in [-0.39, 0.29) is 10.8 Å². The number of rotatable bonds is 10. The first kappa shape index (κ1) is 24.3. The molecule has 0 aliphatic heterocycles. The van der Waals surface area contributed by atoms with E-state index in [1.807, 2.05) is 31.2 Å². The van der Waals surface area contributed by atoms with Gasteiger partial charge in [0.1, 0.15) is 12.4 Å². The molecule has 0 unspecified atom stereocenters. The molecule has 0 radical (unpaired) electrons. The third-order valence-corrected chi connectivity index (χ3v) is 6.58. The Balaban J connectivity index is 1.57. The van der Waals surface area contributed by atoms with Crippen molar-refractivity contribution in [3.8, 4) is 5.75 Å². The number of sulfonamides is 1. The Morgan fingerprint density at radius 1 is 0.939 bits per heavy atom. The van der Waals surface area contributed by atoms with Gasteiger partial charge in [-0.1, -0.05) is 49.2 Å². The van der Waals surface area contributed by atoms with Crippen LogP contribution in [0.5, 0.6) is 5.75 Å². The topological polar surface area (TPSA) is 84.5 Å². The first-order chi connectivity index (χ1) is 15.8. The fourth-order valence-corrected chi connectivity index (χ4v) is 4.39. The van der Waals surface area contributed by atoms with Crippen LogP contribution in [0, 0.1) is 13.8 Å². The molecule has 2 N–H and O–H groups in total. The summed E-state index contributed by atoms with van der Waals surface area (Å²) in [6, 6.07) is 19.5. The summed E-state index contributed by atoms with van der Waals surface area (Å²) >= 11 is 0. The number of anilines is 1.